The Morgan fingerprint density at radius 1 is 1.37 bits per heavy atom. The standard InChI is InChI=1S/C15H20N2O2/c16-11-15(6-3-7-15)10-14(18)17-8-9-19-13-5-2-1-4-12(13)17/h1-2,4-5H,3,6-11,16H2. The van der Waals surface area contributed by atoms with Gasteiger partial charge in [-0.1, -0.05) is 18.6 Å². The Balaban J connectivity index is 1.78. The van der Waals surface area contributed by atoms with Crippen molar-refractivity contribution < 1.29 is 9.53 Å². The van der Waals surface area contributed by atoms with Crippen molar-refractivity contribution in [2.75, 3.05) is 24.6 Å². The highest BCUT2D eigenvalue weighted by molar-refractivity contribution is 5.95. The first-order valence-electron chi connectivity index (χ1n) is 6.96. The number of hydrogen-bond donors (Lipinski definition) is 1. The summed E-state index contributed by atoms with van der Waals surface area (Å²) >= 11 is 0. The maximum atomic E-state index is 12.5. The summed E-state index contributed by atoms with van der Waals surface area (Å²) in [6.07, 6.45) is 3.93. The third-order valence-corrected chi connectivity index (χ3v) is 4.40. The van der Waals surface area contributed by atoms with Crippen LogP contribution in [0.15, 0.2) is 24.3 Å². The molecule has 19 heavy (non-hydrogen) atoms. The molecular weight excluding hydrogens is 240 g/mol. The van der Waals surface area contributed by atoms with Crippen molar-refractivity contribution in [2.45, 2.75) is 25.7 Å². The summed E-state index contributed by atoms with van der Waals surface area (Å²) in [6, 6.07) is 7.73. The number of nitrogens with zero attached hydrogens (tertiary/aromatic N) is 1. The van der Waals surface area contributed by atoms with Gasteiger partial charge < -0.3 is 15.4 Å². The zero-order chi connectivity index (χ0) is 13.3. The lowest BCUT2D eigenvalue weighted by Gasteiger charge is -2.42. The minimum atomic E-state index is 0.0599. The number of hydrogen-bond acceptors (Lipinski definition) is 3. The van der Waals surface area contributed by atoms with Crippen LogP contribution < -0.4 is 15.4 Å². The fourth-order valence-electron chi connectivity index (χ4n) is 2.97. The Kier molecular flexibility index (Phi) is 3.19. The van der Waals surface area contributed by atoms with Gasteiger partial charge >= 0.3 is 0 Å². The molecule has 102 valence electrons. The lowest BCUT2D eigenvalue weighted by molar-refractivity contribution is -0.122. The van der Waals surface area contributed by atoms with Gasteiger partial charge in [-0.3, -0.25) is 4.79 Å². The van der Waals surface area contributed by atoms with Crippen molar-refractivity contribution in [1.29, 1.82) is 0 Å². The molecule has 4 nitrogen and oxygen atoms in total. The second kappa shape index (κ2) is 4.85. The van der Waals surface area contributed by atoms with Crippen LogP contribution in [-0.2, 0) is 4.79 Å². The van der Waals surface area contributed by atoms with Crippen molar-refractivity contribution in [2.24, 2.45) is 11.1 Å². The molecule has 1 aromatic rings. The monoisotopic (exact) mass is 260 g/mol. The predicted molar refractivity (Wildman–Crippen MR) is 74.2 cm³/mol. The summed E-state index contributed by atoms with van der Waals surface area (Å²) < 4.78 is 5.58. The molecule has 0 saturated heterocycles. The molecule has 1 aromatic carbocycles. The Labute approximate surface area is 113 Å². The largest absolute Gasteiger partial charge is 0.490 e. The molecule has 0 aromatic heterocycles. The van der Waals surface area contributed by atoms with E-state index in [-0.39, 0.29) is 11.3 Å². The van der Waals surface area contributed by atoms with Gasteiger partial charge in [0, 0.05) is 6.42 Å². The molecule has 1 aliphatic heterocycles. The summed E-state index contributed by atoms with van der Waals surface area (Å²) in [5.74, 6) is 0.985. The van der Waals surface area contributed by atoms with E-state index in [0.717, 1.165) is 24.3 Å². The number of benzene rings is 1. The Hall–Kier alpha value is -1.55. The maximum Gasteiger partial charge on any atom is 0.227 e. The van der Waals surface area contributed by atoms with Gasteiger partial charge in [-0.05, 0) is 36.9 Å². The number of nitrogens with two attached hydrogens (primary N) is 1. The third kappa shape index (κ3) is 2.21. The molecule has 1 saturated carbocycles. The first kappa shape index (κ1) is 12.5. The summed E-state index contributed by atoms with van der Waals surface area (Å²) in [5, 5.41) is 0. The quantitative estimate of drug-likeness (QED) is 0.903. The number of para-hydroxylation sites is 2. The van der Waals surface area contributed by atoms with Crippen molar-refractivity contribution in [1.82, 2.24) is 0 Å². The smallest absolute Gasteiger partial charge is 0.227 e. The van der Waals surface area contributed by atoms with Gasteiger partial charge in [-0.15, -0.1) is 0 Å². The fraction of sp³-hybridized carbons (Fsp3) is 0.533. The average molecular weight is 260 g/mol. The van der Waals surface area contributed by atoms with Crippen LogP contribution in [0.3, 0.4) is 0 Å². The molecule has 1 amide bonds. The van der Waals surface area contributed by atoms with Crippen LogP contribution >= 0.6 is 0 Å². The Bertz CT molecular complexity index is 477. The van der Waals surface area contributed by atoms with E-state index >= 15 is 0 Å². The lowest BCUT2D eigenvalue weighted by atomic mass is 9.66. The highest BCUT2D eigenvalue weighted by Crippen LogP contribution is 2.44. The average Bonchev–Trinajstić information content (AvgIpc) is 2.42. The molecule has 0 bridgehead atoms. The van der Waals surface area contributed by atoms with Gasteiger partial charge in [0.05, 0.1) is 12.2 Å². The summed E-state index contributed by atoms with van der Waals surface area (Å²) in [4.78, 5) is 14.4. The van der Waals surface area contributed by atoms with Crippen LogP contribution in [-0.4, -0.2) is 25.6 Å². The minimum absolute atomic E-state index is 0.0599. The van der Waals surface area contributed by atoms with Gasteiger partial charge in [0.15, 0.2) is 0 Å². The van der Waals surface area contributed by atoms with Gasteiger partial charge in [0.1, 0.15) is 12.4 Å². The minimum Gasteiger partial charge on any atom is -0.490 e. The molecule has 3 rings (SSSR count). The van der Waals surface area contributed by atoms with E-state index in [1.807, 2.05) is 29.2 Å². The van der Waals surface area contributed by atoms with E-state index < -0.39 is 0 Å². The van der Waals surface area contributed by atoms with Crippen molar-refractivity contribution in [3.63, 3.8) is 0 Å². The van der Waals surface area contributed by atoms with Crippen LogP contribution in [0.4, 0.5) is 5.69 Å². The van der Waals surface area contributed by atoms with E-state index in [0.29, 0.717) is 26.1 Å². The topological polar surface area (TPSA) is 55.6 Å². The van der Waals surface area contributed by atoms with Crippen molar-refractivity contribution in [3.8, 4) is 5.75 Å². The summed E-state index contributed by atoms with van der Waals surface area (Å²) in [5.41, 5.74) is 6.80. The van der Waals surface area contributed by atoms with Crippen LogP contribution in [0.25, 0.3) is 0 Å². The second-order valence-corrected chi connectivity index (χ2v) is 5.60. The van der Waals surface area contributed by atoms with Crippen LogP contribution in [0.5, 0.6) is 5.75 Å². The molecule has 0 unspecified atom stereocenters. The summed E-state index contributed by atoms with van der Waals surface area (Å²) in [6.45, 7) is 1.82. The molecule has 1 aliphatic carbocycles. The predicted octanol–water partition coefficient (Wildman–Crippen LogP) is 1.93. The van der Waals surface area contributed by atoms with Gasteiger partial charge in [-0.2, -0.15) is 0 Å². The van der Waals surface area contributed by atoms with Crippen LogP contribution in [0, 0.1) is 5.41 Å². The normalized spacial score (nSPS) is 20.2. The number of rotatable bonds is 3. The molecule has 0 radical (unpaired) electrons. The van der Waals surface area contributed by atoms with E-state index in [1.54, 1.807) is 0 Å². The summed E-state index contributed by atoms with van der Waals surface area (Å²) in [7, 11) is 0. The van der Waals surface area contributed by atoms with E-state index in [1.165, 1.54) is 6.42 Å². The van der Waals surface area contributed by atoms with Crippen molar-refractivity contribution >= 4 is 11.6 Å². The highest BCUT2D eigenvalue weighted by Gasteiger charge is 2.39. The van der Waals surface area contributed by atoms with Gasteiger partial charge in [0.2, 0.25) is 5.91 Å². The number of carbonyl (C=O) groups is 1. The molecular formula is C15H20N2O2. The molecule has 1 heterocycles. The lowest BCUT2D eigenvalue weighted by Crippen LogP contribution is -2.45. The number of anilines is 1. The van der Waals surface area contributed by atoms with E-state index in [9.17, 15) is 4.79 Å². The zero-order valence-corrected chi connectivity index (χ0v) is 11.1. The Morgan fingerprint density at radius 2 is 2.16 bits per heavy atom. The maximum absolute atomic E-state index is 12.5. The first-order chi connectivity index (χ1) is 9.24. The zero-order valence-electron chi connectivity index (χ0n) is 11.1. The molecule has 2 aliphatic rings. The third-order valence-electron chi connectivity index (χ3n) is 4.40. The molecule has 1 fully saturated rings. The highest BCUT2D eigenvalue weighted by atomic mass is 16.5. The SMILES string of the molecule is NCC1(CC(=O)N2CCOc3ccccc32)CCC1. The van der Waals surface area contributed by atoms with Crippen LogP contribution in [0.1, 0.15) is 25.7 Å². The van der Waals surface area contributed by atoms with E-state index in [2.05, 4.69) is 0 Å². The Morgan fingerprint density at radius 3 is 2.84 bits per heavy atom. The molecule has 0 spiro atoms. The number of amides is 1. The molecule has 4 heteroatoms. The van der Waals surface area contributed by atoms with Crippen LogP contribution in [0.2, 0.25) is 0 Å². The molecule has 0 atom stereocenters. The second-order valence-electron chi connectivity index (χ2n) is 5.60. The van der Waals surface area contributed by atoms with Gasteiger partial charge in [0.25, 0.3) is 0 Å². The number of ether oxygens (including phenoxy) is 1. The number of fused-ring (bicyclic) bond motifs is 1. The number of carbonyl (C=O) groups excluding carboxylic acids is 1. The first-order valence-corrected chi connectivity index (χ1v) is 6.96. The fourth-order valence-corrected chi connectivity index (χ4v) is 2.97. The molecule has 2 N–H and O–H groups in total. The van der Waals surface area contributed by atoms with E-state index in [4.69, 9.17) is 10.5 Å². The van der Waals surface area contributed by atoms with Crippen molar-refractivity contribution in [3.05, 3.63) is 24.3 Å². The van der Waals surface area contributed by atoms with Gasteiger partial charge in [-0.25, -0.2) is 0 Å².